The van der Waals surface area contributed by atoms with Crippen molar-refractivity contribution in [3.63, 3.8) is 0 Å². The molecule has 13 heavy (non-hydrogen) atoms. The summed E-state index contributed by atoms with van der Waals surface area (Å²) in [6, 6.07) is 0. The summed E-state index contributed by atoms with van der Waals surface area (Å²) in [7, 11) is -2.98. The Bertz CT molecular complexity index is 266. The minimum Gasteiger partial charge on any atom is -0.324 e. The normalized spacial score (nSPS) is 15.0. The number of nitrogens with one attached hydrogen (secondary N) is 1. The summed E-state index contributed by atoms with van der Waals surface area (Å²) >= 11 is 0. The van der Waals surface area contributed by atoms with Crippen LogP contribution in [0.15, 0.2) is 12.7 Å². The fraction of sp³-hybridized carbons (Fsp3) is 0.571. The lowest BCUT2D eigenvalue weighted by Crippen LogP contribution is -2.46. The average molecular weight is 207 g/mol. The van der Waals surface area contributed by atoms with Crippen molar-refractivity contribution >= 4 is 16.9 Å². The Labute approximate surface area is 78.9 Å². The average Bonchev–Trinajstić information content (AvgIpc) is 2.02. The quantitative estimate of drug-likeness (QED) is 0.377. The van der Waals surface area contributed by atoms with Crippen molar-refractivity contribution in [2.45, 2.75) is 26.0 Å². The third-order valence-electron chi connectivity index (χ3n) is 1.52. The molecule has 1 unspecified atom stereocenters. The first-order valence-electron chi connectivity index (χ1n) is 3.71. The zero-order chi connectivity index (χ0) is 10.5. The largest absolute Gasteiger partial charge is 0.324 e. The van der Waals surface area contributed by atoms with E-state index in [1.54, 1.807) is 6.92 Å². The molecule has 76 valence electrons. The molecule has 0 fully saturated rings. The highest BCUT2D eigenvalue weighted by molar-refractivity contribution is 7.67. The van der Waals surface area contributed by atoms with Gasteiger partial charge in [0.15, 0.2) is 5.72 Å². The van der Waals surface area contributed by atoms with Gasteiger partial charge in [-0.15, -0.1) is 0 Å². The number of rotatable bonds is 5. The van der Waals surface area contributed by atoms with Gasteiger partial charge in [-0.1, -0.05) is 13.5 Å². The summed E-state index contributed by atoms with van der Waals surface area (Å²) in [5.74, 6) is -0.471. The summed E-state index contributed by atoms with van der Waals surface area (Å²) in [4.78, 5) is 10.9. The molecule has 0 saturated carbocycles. The summed E-state index contributed by atoms with van der Waals surface area (Å²) in [5, 5.41) is 2.36. The van der Waals surface area contributed by atoms with Crippen molar-refractivity contribution in [3.8, 4) is 0 Å². The van der Waals surface area contributed by atoms with Crippen LogP contribution >= 0.6 is 0 Å². The van der Waals surface area contributed by atoms with Gasteiger partial charge in [0.1, 0.15) is 0 Å². The molecule has 0 aliphatic heterocycles. The predicted octanol–water partition coefficient (Wildman–Crippen LogP) is -0.0422. The Morgan fingerprint density at radius 1 is 1.69 bits per heavy atom. The third kappa shape index (κ3) is 4.64. The van der Waals surface area contributed by atoms with Crippen LogP contribution in [0.2, 0.25) is 0 Å². The molecule has 0 spiro atoms. The SMILES string of the molecule is C=CC(=O)NC(C)(CC)O[SH](=O)=O. The minimum atomic E-state index is -2.98. The number of hydrogen-bond donors (Lipinski definition) is 2. The molecule has 5 nitrogen and oxygen atoms in total. The smallest absolute Gasteiger partial charge is 0.259 e. The molecule has 0 bridgehead atoms. The Morgan fingerprint density at radius 2 is 2.23 bits per heavy atom. The number of carbonyl (C=O) groups is 1. The van der Waals surface area contributed by atoms with E-state index in [0.717, 1.165) is 6.08 Å². The van der Waals surface area contributed by atoms with Gasteiger partial charge in [0.2, 0.25) is 5.91 Å². The van der Waals surface area contributed by atoms with E-state index >= 15 is 0 Å². The number of amides is 1. The molecule has 0 rings (SSSR count). The second-order valence-corrected chi connectivity index (χ2v) is 3.22. The minimum absolute atomic E-state index is 0.343. The maximum absolute atomic E-state index is 10.9. The van der Waals surface area contributed by atoms with Crippen LogP contribution in [-0.2, 0) is 20.0 Å². The molecule has 0 aliphatic carbocycles. The van der Waals surface area contributed by atoms with Crippen LogP contribution in [0.4, 0.5) is 0 Å². The van der Waals surface area contributed by atoms with E-state index in [2.05, 4.69) is 16.1 Å². The maximum Gasteiger partial charge on any atom is 0.259 e. The number of thiol groups is 1. The molecular formula is C7H13NO4S. The van der Waals surface area contributed by atoms with Gasteiger partial charge in [0.25, 0.3) is 11.0 Å². The van der Waals surface area contributed by atoms with Crippen LogP contribution in [0, 0.1) is 0 Å². The van der Waals surface area contributed by atoms with Gasteiger partial charge in [-0.3, -0.25) is 4.79 Å². The third-order valence-corrected chi connectivity index (χ3v) is 2.08. The van der Waals surface area contributed by atoms with Crippen LogP contribution in [-0.4, -0.2) is 20.0 Å². The van der Waals surface area contributed by atoms with Crippen molar-refractivity contribution in [1.29, 1.82) is 0 Å². The van der Waals surface area contributed by atoms with Crippen LogP contribution in [0.25, 0.3) is 0 Å². The van der Waals surface area contributed by atoms with E-state index in [1.807, 2.05) is 0 Å². The second-order valence-electron chi connectivity index (χ2n) is 2.59. The van der Waals surface area contributed by atoms with Crippen molar-refractivity contribution in [1.82, 2.24) is 5.32 Å². The molecule has 0 saturated heterocycles. The molecule has 1 amide bonds. The Morgan fingerprint density at radius 3 is 2.54 bits per heavy atom. The molecule has 1 N–H and O–H groups in total. The molecule has 0 aromatic rings. The molecule has 1 atom stereocenters. The summed E-state index contributed by atoms with van der Waals surface area (Å²) in [5.41, 5.74) is -1.18. The van der Waals surface area contributed by atoms with Gasteiger partial charge in [-0.2, -0.15) is 0 Å². The van der Waals surface area contributed by atoms with E-state index in [9.17, 15) is 13.2 Å². The molecule has 0 heterocycles. The summed E-state index contributed by atoms with van der Waals surface area (Å²) < 4.78 is 25.1. The second kappa shape index (κ2) is 4.98. The summed E-state index contributed by atoms with van der Waals surface area (Å²) in [6.07, 6.45) is 1.39. The Balaban J connectivity index is 4.43. The first-order chi connectivity index (χ1) is 5.93. The zero-order valence-corrected chi connectivity index (χ0v) is 8.47. The predicted molar refractivity (Wildman–Crippen MR) is 48.4 cm³/mol. The molecule has 0 aliphatic rings. The first-order valence-corrected chi connectivity index (χ1v) is 4.81. The molecule has 6 heteroatoms. The zero-order valence-electron chi connectivity index (χ0n) is 7.57. The lowest BCUT2D eigenvalue weighted by Gasteiger charge is -2.25. The summed E-state index contributed by atoms with van der Waals surface area (Å²) in [6.45, 7) is 6.41. The molecular weight excluding hydrogens is 194 g/mol. The lowest BCUT2D eigenvalue weighted by molar-refractivity contribution is -0.121. The van der Waals surface area contributed by atoms with Crippen molar-refractivity contribution < 1.29 is 17.4 Å². The van der Waals surface area contributed by atoms with Crippen molar-refractivity contribution in [3.05, 3.63) is 12.7 Å². The fourth-order valence-electron chi connectivity index (χ4n) is 0.652. The van der Waals surface area contributed by atoms with Gasteiger partial charge in [0.05, 0.1) is 0 Å². The Kier molecular flexibility index (Phi) is 4.64. The maximum atomic E-state index is 10.9. The van der Waals surface area contributed by atoms with E-state index in [-0.39, 0.29) is 0 Å². The molecule has 0 aromatic carbocycles. The van der Waals surface area contributed by atoms with Crippen LogP contribution < -0.4 is 5.32 Å². The van der Waals surface area contributed by atoms with E-state index < -0.39 is 22.6 Å². The van der Waals surface area contributed by atoms with Gasteiger partial charge in [-0.25, -0.2) is 12.6 Å². The number of hydrogen-bond acceptors (Lipinski definition) is 4. The van der Waals surface area contributed by atoms with Gasteiger partial charge >= 0.3 is 0 Å². The fourth-order valence-corrected chi connectivity index (χ4v) is 1.16. The highest BCUT2D eigenvalue weighted by Crippen LogP contribution is 2.10. The standard InChI is InChI=1S/C7H13NO4S/c1-4-6(9)8-7(3,5-2)12-13(10)11/h4,13H,1,5H2,2-3H3,(H,8,9). The Hall–Kier alpha value is -0.880. The highest BCUT2D eigenvalue weighted by atomic mass is 32.2. The van der Waals surface area contributed by atoms with E-state index in [1.165, 1.54) is 6.92 Å². The topological polar surface area (TPSA) is 72.5 Å². The van der Waals surface area contributed by atoms with Crippen LogP contribution in [0.5, 0.6) is 0 Å². The first kappa shape index (κ1) is 12.1. The molecule has 0 aromatic heterocycles. The van der Waals surface area contributed by atoms with Crippen molar-refractivity contribution in [2.24, 2.45) is 0 Å². The van der Waals surface area contributed by atoms with Crippen LogP contribution in [0.3, 0.4) is 0 Å². The molecule has 0 radical (unpaired) electrons. The monoisotopic (exact) mass is 207 g/mol. The lowest BCUT2D eigenvalue weighted by atomic mass is 10.2. The van der Waals surface area contributed by atoms with Gasteiger partial charge < -0.3 is 5.32 Å². The highest BCUT2D eigenvalue weighted by Gasteiger charge is 2.25. The van der Waals surface area contributed by atoms with Gasteiger partial charge in [0, 0.05) is 0 Å². The van der Waals surface area contributed by atoms with Crippen molar-refractivity contribution in [2.75, 3.05) is 0 Å². The van der Waals surface area contributed by atoms with Crippen LogP contribution in [0.1, 0.15) is 20.3 Å². The van der Waals surface area contributed by atoms with E-state index in [4.69, 9.17) is 0 Å². The number of carbonyl (C=O) groups excluding carboxylic acids is 1. The van der Waals surface area contributed by atoms with E-state index in [0.29, 0.717) is 6.42 Å². The van der Waals surface area contributed by atoms with Gasteiger partial charge in [-0.05, 0) is 19.4 Å².